The highest BCUT2D eigenvalue weighted by Crippen LogP contribution is 2.10. The maximum absolute atomic E-state index is 12.6. The summed E-state index contributed by atoms with van der Waals surface area (Å²) < 4.78 is 18.1. The molecule has 0 saturated carbocycles. The first kappa shape index (κ1) is 16.9. The molecule has 2 nitrogen and oxygen atoms in total. The molecule has 0 aromatic rings. The van der Waals surface area contributed by atoms with E-state index in [1.807, 2.05) is 0 Å². The summed E-state index contributed by atoms with van der Waals surface area (Å²) in [7, 11) is 0. The van der Waals surface area contributed by atoms with Crippen LogP contribution in [0, 0.1) is 0 Å². The fourth-order valence-electron chi connectivity index (χ4n) is 1.72. The number of rotatable bonds is 13. The normalized spacial score (nSPS) is 12.9. The van der Waals surface area contributed by atoms with Crippen LogP contribution in [0.25, 0.3) is 0 Å². The summed E-state index contributed by atoms with van der Waals surface area (Å²) in [5, 5.41) is 8.51. The molecule has 0 heterocycles. The van der Waals surface area contributed by atoms with E-state index >= 15 is 0 Å². The number of halogens is 1. The van der Waals surface area contributed by atoms with Gasteiger partial charge < -0.3 is 9.84 Å². The largest absolute Gasteiger partial charge is 0.393 e. The second-order valence-corrected chi connectivity index (χ2v) is 4.66. The van der Waals surface area contributed by atoms with E-state index in [0.717, 1.165) is 38.9 Å². The van der Waals surface area contributed by atoms with Crippen LogP contribution in [0.4, 0.5) is 4.39 Å². The first-order valence-electron chi connectivity index (χ1n) is 7.14. The van der Waals surface area contributed by atoms with Crippen molar-refractivity contribution in [3.8, 4) is 0 Å². The molecule has 0 spiro atoms. The lowest BCUT2D eigenvalue weighted by molar-refractivity contribution is 0.127. The predicted molar refractivity (Wildman–Crippen MR) is 70.0 cm³/mol. The second-order valence-electron chi connectivity index (χ2n) is 4.66. The van der Waals surface area contributed by atoms with Gasteiger partial charge in [-0.3, -0.25) is 0 Å². The molecule has 0 aliphatic rings. The Morgan fingerprint density at radius 2 is 1.53 bits per heavy atom. The van der Waals surface area contributed by atoms with Crippen molar-refractivity contribution >= 4 is 0 Å². The molecule has 0 radical (unpaired) electrons. The van der Waals surface area contributed by atoms with Gasteiger partial charge in [-0.25, -0.2) is 4.39 Å². The molecule has 0 aromatic heterocycles. The van der Waals surface area contributed by atoms with Gasteiger partial charge in [0.25, 0.3) is 0 Å². The smallest absolute Gasteiger partial charge is 0.123 e. The Morgan fingerprint density at radius 3 is 2.18 bits per heavy atom. The van der Waals surface area contributed by atoms with Crippen LogP contribution in [0.2, 0.25) is 0 Å². The van der Waals surface area contributed by atoms with Crippen LogP contribution in [0.15, 0.2) is 0 Å². The monoisotopic (exact) mass is 248 g/mol. The first-order chi connectivity index (χ1) is 8.31. The van der Waals surface area contributed by atoms with Crippen molar-refractivity contribution < 1.29 is 14.2 Å². The quantitative estimate of drug-likeness (QED) is 0.501. The SMILES string of the molecule is CCCCOCCCCCCCCC(F)CO. The summed E-state index contributed by atoms with van der Waals surface area (Å²) in [5.41, 5.74) is 0. The molecule has 0 aliphatic heterocycles. The Hall–Kier alpha value is -0.150. The van der Waals surface area contributed by atoms with Crippen LogP contribution < -0.4 is 0 Å². The molecule has 1 N–H and O–H groups in total. The first-order valence-corrected chi connectivity index (χ1v) is 7.14. The highest BCUT2D eigenvalue weighted by Gasteiger charge is 2.02. The van der Waals surface area contributed by atoms with Gasteiger partial charge in [0.15, 0.2) is 0 Å². The summed E-state index contributed by atoms with van der Waals surface area (Å²) in [5.74, 6) is 0. The molecule has 0 rings (SSSR count). The van der Waals surface area contributed by atoms with E-state index in [2.05, 4.69) is 6.92 Å². The molecule has 17 heavy (non-hydrogen) atoms. The van der Waals surface area contributed by atoms with Gasteiger partial charge in [0.1, 0.15) is 6.17 Å². The fourth-order valence-corrected chi connectivity index (χ4v) is 1.72. The van der Waals surface area contributed by atoms with Crippen molar-refractivity contribution in [1.82, 2.24) is 0 Å². The lowest BCUT2D eigenvalue weighted by Crippen LogP contribution is -2.05. The zero-order valence-corrected chi connectivity index (χ0v) is 11.3. The van der Waals surface area contributed by atoms with Crippen molar-refractivity contribution in [3.05, 3.63) is 0 Å². The van der Waals surface area contributed by atoms with Crippen LogP contribution >= 0.6 is 0 Å². The minimum absolute atomic E-state index is 0.324. The maximum atomic E-state index is 12.6. The van der Waals surface area contributed by atoms with Crippen molar-refractivity contribution in [2.24, 2.45) is 0 Å². The number of alkyl halides is 1. The highest BCUT2D eigenvalue weighted by molar-refractivity contribution is 4.54. The highest BCUT2D eigenvalue weighted by atomic mass is 19.1. The Bertz CT molecular complexity index is 142. The van der Waals surface area contributed by atoms with Gasteiger partial charge in [0, 0.05) is 13.2 Å². The standard InChI is InChI=1S/C14H29FO2/c1-2-3-11-17-12-9-7-5-4-6-8-10-14(15)13-16/h14,16H,2-13H2,1H3. The average molecular weight is 248 g/mol. The van der Waals surface area contributed by atoms with E-state index in [4.69, 9.17) is 9.84 Å². The second kappa shape index (κ2) is 13.9. The topological polar surface area (TPSA) is 29.5 Å². The van der Waals surface area contributed by atoms with E-state index < -0.39 is 6.17 Å². The van der Waals surface area contributed by atoms with Gasteiger partial charge in [-0.1, -0.05) is 45.4 Å². The number of ether oxygens (including phenoxy) is 1. The molecule has 1 unspecified atom stereocenters. The Labute approximate surface area is 106 Å². The van der Waals surface area contributed by atoms with Gasteiger partial charge in [-0.15, -0.1) is 0 Å². The number of unbranched alkanes of at least 4 members (excludes halogenated alkanes) is 6. The number of hydrogen-bond acceptors (Lipinski definition) is 2. The Balaban J connectivity index is 2.94. The van der Waals surface area contributed by atoms with E-state index in [1.54, 1.807) is 0 Å². The van der Waals surface area contributed by atoms with E-state index in [1.165, 1.54) is 25.7 Å². The predicted octanol–water partition coefficient (Wildman–Crippen LogP) is 3.86. The fraction of sp³-hybridized carbons (Fsp3) is 1.00. The minimum atomic E-state index is -1.01. The minimum Gasteiger partial charge on any atom is -0.393 e. The van der Waals surface area contributed by atoms with E-state index in [-0.39, 0.29) is 6.61 Å². The van der Waals surface area contributed by atoms with Gasteiger partial charge in [0.05, 0.1) is 6.61 Å². The van der Waals surface area contributed by atoms with Crippen LogP contribution in [0.5, 0.6) is 0 Å². The molecule has 1 atom stereocenters. The summed E-state index contributed by atoms with van der Waals surface area (Å²) in [6, 6.07) is 0. The molecule has 0 aromatic carbocycles. The molecule has 0 fully saturated rings. The van der Waals surface area contributed by atoms with E-state index in [9.17, 15) is 4.39 Å². The lowest BCUT2D eigenvalue weighted by Gasteiger charge is -2.05. The zero-order chi connectivity index (χ0) is 12.8. The van der Waals surface area contributed by atoms with Crippen LogP contribution in [0.1, 0.15) is 64.7 Å². The van der Waals surface area contributed by atoms with Crippen LogP contribution in [-0.4, -0.2) is 31.1 Å². The molecule has 0 amide bonds. The number of aliphatic hydroxyl groups is 1. The Morgan fingerprint density at radius 1 is 0.941 bits per heavy atom. The zero-order valence-electron chi connectivity index (χ0n) is 11.3. The summed E-state index contributed by atoms with van der Waals surface area (Å²) in [6.45, 7) is 3.63. The molecule has 104 valence electrons. The van der Waals surface area contributed by atoms with Crippen molar-refractivity contribution in [2.45, 2.75) is 70.9 Å². The van der Waals surface area contributed by atoms with Gasteiger partial charge in [-0.05, 0) is 19.3 Å². The molecule has 0 bridgehead atoms. The number of hydrogen-bond donors (Lipinski definition) is 1. The van der Waals surface area contributed by atoms with Crippen molar-refractivity contribution in [2.75, 3.05) is 19.8 Å². The third-order valence-corrected chi connectivity index (χ3v) is 2.90. The third-order valence-electron chi connectivity index (χ3n) is 2.90. The van der Waals surface area contributed by atoms with Crippen LogP contribution in [-0.2, 0) is 4.74 Å². The molecule has 3 heteroatoms. The molecule has 0 aliphatic carbocycles. The Kier molecular flexibility index (Phi) is 13.8. The van der Waals surface area contributed by atoms with Gasteiger partial charge in [0.2, 0.25) is 0 Å². The van der Waals surface area contributed by atoms with Gasteiger partial charge in [-0.2, -0.15) is 0 Å². The summed E-state index contributed by atoms with van der Waals surface area (Å²) in [4.78, 5) is 0. The number of aliphatic hydroxyl groups excluding tert-OH is 1. The lowest BCUT2D eigenvalue weighted by atomic mass is 10.1. The van der Waals surface area contributed by atoms with Crippen LogP contribution in [0.3, 0.4) is 0 Å². The van der Waals surface area contributed by atoms with E-state index in [0.29, 0.717) is 6.42 Å². The van der Waals surface area contributed by atoms with Crippen molar-refractivity contribution in [1.29, 1.82) is 0 Å². The summed E-state index contributed by atoms with van der Waals surface area (Å²) >= 11 is 0. The third kappa shape index (κ3) is 13.8. The molecular weight excluding hydrogens is 219 g/mol. The molecule has 0 saturated heterocycles. The average Bonchev–Trinajstić information content (AvgIpc) is 2.35. The summed E-state index contributed by atoms with van der Waals surface area (Å²) in [6.07, 6.45) is 8.58. The maximum Gasteiger partial charge on any atom is 0.123 e. The van der Waals surface area contributed by atoms with Gasteiger partial charge >= 0.3 is 0 Å². The van der Waals surface area contributed by atoms with Crippen molar-refractivity contribution in [3.63, 3.8) is 0 Å². The molecular formula is C14H29FO2.